The SMILES string of the molecule is COc1cc(/C=C2\SC(=O)NC2=O)nc(N2CCN(c3ccc(C)cc3)CC2)n1.COc1cc(C=O)nc(Cl)n1.Cc1ccc(N2CCNCC2)cc1.O=C1CSC(=O)C1. The van der Waals surface area contributed by atoms with Gasteiger partial charge in [-0.05, 0) is 67.6 Å². The highest BCUT2D eigenvalue weighted by Crippen LogP contribution is 2.27. The molecule has 4 saturated heterocycles. The number of rotatable bonds is 7. The first-order chi connectivity index (χ1) is 28.9. The van der Waals surface area contributed by atoms with E-state index in [-0.39, 0.29) is 39.4 Å². The van der Waals surface area contributed by atoms with E-state index in [9.17, 15) is 24.0 Å². The molecule has 19 heteroatoms. The Hall–Kier alpha value is -5.56. The van der Waals surface area contributed by atoms with E-state index in [0.717, 1.165) is 75.9 Å². The number of aldehydes is 1. The molecular formula is C41H46ClN9O7S2. The van der Waals surface area contributed by atoms with Crippen molar-refractivity contribution in [1.82, 2.24) is 30.6 Å². The molecular weight excluding hydrogens is 830 g/mol. The number of anilines is 3. The number of carbonyl (C=O) groups excluding carboxylic acids is 5. The Labute approximate surface area is 361 Å². The molecule has 316 valence electrons. The van der Waals surface area contributed by atoms with Crippen LogP contribution >= 0.6 is 35.1 Å². The lowest BCUT2D eigenvalue weighted by molar-refractivity contribution is -0.120. The lowest BCUT2D eigenvalue weighted by Crippen LogP contribution is -2.47. The Kier molecular flexibility index (Phi) is 17.2. The molecule has 0 bridgehead atoms. The number of Topliss-reactive ketones (excluding diaryl/α,β-unsaturated/α-hetero) is 1. The summed E-state index contributed by atoms with van der Waals surface area (Å²) in [5.41, 5.74) is 5.88. The zero-order valence-electron chi connectivity index (χ0n) is 33.7. The third-order valence-corrected chi connectivity index (χ3v) is 11.0. The molecule has 2 aromatic heterocycles. The minimum absolute atomic E-state index is 0.00597. The first kappa shape index (κ1) is 45.5. The summed E-state index contributed by atoms with van der Waals surface area (Å²) in [6.45, 7) is 11.9. The van der Waals surface area contributed by atoms with Gasteiger partial charge in [-0.15, -0.1) is 0 Å². The number of amides is 2. The molecule has 6 heterocycles. The summed E-state index contributed by atoms with van der Waals surface area (Å²) in [7, 11) is 2.98. The van der Waals surface area contributed by atoms with Crippen LogP contribution in [-0.4, -0.2) is 121 Å². The third kappa shape index (κ3) is 14.0. The second kappa shape index (κ2) is 22.7. The Bertz CT molecular complexity index is 2150. The number of imide groups is 1. The number of methoxy groups -OCH3 is 2. The first-order valence-corrected chi connectivity index (χ1v) is 21.1. The topological polar surface area (TPSA) is 189 Å². The first-order valence-electron chi connectivity index (χ1n) is 18.9. The number of halogens is 1. The standard InChI is InChI=1S/C20H21N5O3S.C11H16N2.C6H5ClN2O2.C4H4O2S/c1-13-3-5-15(6-4-13)24-7-9-25(10-8-24)19-21-14(12-17(22-19)28-2)11-16-18(26)23-20(27)29-16;1-10-2-4-11(5-3-10)13-8-6-12-7-9-13;1-11-5-2-4(3-10)8-6(7)9-5;5-3-1-4(6)7-2-3/h3-6,11-12H,7-10H2,1-2H3,(H,23,26,27);2-5,12H,6-9H2,1H3;2-3H,1H3;1-2H2/b16-11-;;;. The number of thioether (sulfide) groups is 2. The Morgan fingerprint density at radius 3 is 1.75 bits per heavy atom. The third-order valence-electron chi connectivity index (χ3n) is 9.08. The molecule has 16 nitrogen and oxygen atoms in total. The molecule has 2 amide bonds. The van der Waals surface area contributed by atoms with E-state index in [2.05, 4.69) is 108 Å². The van der Waals surface area contributed by atoms with Crippen LogP contribution in [0, 0.1) is 13.8 Å². The summed E-state index contributed by atoms with van der Waals surface area (Å²) < 4.78 is 10.1. The molecule has 0 aliphatic carbocycles. The van der Waals surface area contributed by atoms with Gasteiger partial charge in [0, 0.05) is 75.9 Å². The van der Waals surface area contributed by atoms with Crippen molar-refractivity contribution in [2.75, 3.05) is 87.0 Å². The van der Waals surface area contributed by atoms with Crippen LogP contribution in [0.3, 0.4) is 0 Å². The molecule has 0 spiro atoms. The van der Waals surface area contributed by atoms with Crippen LogP contribution in [0.25, 0.3) is 6.08 Å². The van der Waals surface area contributed by atoms with Gasteiger partial charge in [-0.3, -0.25) is 29.3 Å². The summed E-state index contributed by atoms with van der Waals surface area (Å²) >= 11 is 7.43. The maximum atomic E-state index is 11.8. The van der Waals surface area contributed by atoms with Crippen molar-refractivity contribution in [3.63, 3.8) is 0 Å². The zero-order valence-corrected chi connectivity index (χ0v) is 36.1. The van der Waals surface area contributed by atoms with Gasteiger partial charge in [-0.1, -0.05) is 47.2 Å². The van der Waals surface area contributed by atoms with Crippen molar-refractivity contribution in [2.45, 2.75) is 20.3 Å². The number of ether oxygens (including phenoxy) is 2. The highest BCUT2D eigenvalue weighted by molar-refractivity contribution is 8.18. The fraction of sp³-hybridized carbons (Fsp3) is 0.341. The quantitative estimate of drug-likeness (QED) is 0.109. The van der Waals surface area contributed by atoms with E-state index < -0.39 is 5.91 Å². The van der Waals surface area contributed by atoms with Crippen LogP contribution in [0.1, 0.15) is 33.7 Å². The monoisotopic (exact) mass is 875 g/mol. The van der Waals surface area contributed by atoms with Crippen LogP contribution in [0.5, 0.6) is 11.8 Å². The predicted molar refractivity (Wildman–Crippen MR) is 236 cm³/mol. The Balaban J connectivity index is 0.000000180. The van der Waals surface area contributed by atoms with Gasteiger partial charge < -0.3 is 29.5 Å². The maximum Gasteiger partial charge on any atom is 0.290 e. The highest BCUT2D eigenvalue weighted by atomic mass is 35.5. The van der Waals surface area contributed by atoms with Gasteiger partial charge in [0.1, 0.15) is 5.69 Å². The number of aromatic nitrogens is 4. The average Bonchev–Trinajstić information content (AvgIpc) is 3.81. The second-order valence-electron chi connectivity index (χ2n) is 13.5. The van der Waals surface area contributed by atoms with Gasteiger partial charge >= 0.3 is 0 Å². The van der Waals surface area contributed by atoms with Crippen molar-refractivity contribution < 1.29 is 33.4 Å². The number of benzene rings is 2. The fourth-order valence-corrected chi connectivity index (χ4v) is 7.44. The largest absolute Gasteiger partial charge is 0.481 e. The van der Waals surface area contributed by atoms with Crippen molar-refractivity contribution >= 4 is 86.9 Å². The molecule has 4 aliphatic heterocycles. The Morgan fingerprint density at radius 1 is 0.717 bits per heavy atom. The molecule has 0 radical (unpaired) electrons. The van der Waals surface area contributed by atoms with Crippen molar-refractivity contribution in [1.29, 1.82) is 0 Å². The van der Waals surface area contributed by atoms with Gasteiger partial charge in [-0.25, -0.2) is 9.97 Å². The summed E-state index contributed by atoms with van der Waals surface area (Å²) in [5.74, 6) is 1.30. The van der Waals surface area contributed by atoms with Gasteiger partial charge in [-0.2, -0.15) is 9.97 Å². The van der Waals surface area contributed by atoms with Crippen molar-refractivity contribution in [2.24, 2.45) is 0 Å². The van der Waals surface area contributed by atoms with E-state index in [4.69, 9.17) is 21.1 Å². The second-order valence-corrected chi connectivity index (χ2v) is 15.9. The summed E-state index contributed by atoms with van der Waals surface area (Å²) in [6.07, 6.45) is 2.32. The normalized spacial score (nSPS) is 16.8. The number of nitrogens with zero attached hydrogens (tertiary/aromatic N) is 7. The smallest absolute Gasteiger partial charge is 0.290 e. The molecule has 60 heavy (non-hydrogen) atoms. The van der Waals surface area contributed by atoms with E-state index in [0.29, 0.717) is 34.5 Å². The maximum absolute atomic E-state index is 11.8. The molecule has 2 N–H and O–H groups in total. The molecule has 0 unspecified atom stereocenters. The Morgan fingerprint density at radius 2 is 1.27 bits per heavy atom. The highest BCUT2D eigenvalue weighted by Gasteiger charge is 2.26. The number of aryl methyl sites for hydroxylation is 2. The molecule has 4 fully saturated rings. The van der Waals surface area contributed by atoms with E-state index in [1.807, 2.05) is 0 Å². The molecule has 8 rings (SSSR count). The van der Waals surface area contributed by atoms with Gasteiger partial charge in [0.2, 0.25) is 23.0 Å². The van der Waals surface area contributed by atoms with Gasteiger partial charge in [0.15, 0.2) is 17.2 Å². The van der Waals surface area contributed by atoms with E-state index >= 15 is 0 Å². The number of nitrogens with one attached hydrogen (secondary N) is 2. The van der Waals surface area contributed by atoms with Gasteiger partial charge in [0.25, 0.3) is 11.1 Å². The van der Waals surface area contributed by atoms with Crippen molar-refractivity contribution in [3.05, 3.63) is 93.4 Å². The minimum atomic E-state index is -0.411. The molecule has 0 atom stereocenters. The van der Waals surface area contributed by atoms with E-state index in [1.165, 1.54) is 35.7 Å². The number of hydrogen-bond donors (Lipinski definition) is 2. The number of carbonyl (C=O) groups is 5. The van der Waals surface area contributed by atoms with Crippen molar-refractivity contribution in [3.8, 4) is 11.8 Å². The minimum Gasteiger partial charge on any atom is -0.481 e. The molecule has 0 saturated carbocycles. The fourth-order valence-electron chi connectivity index (χ4n) is 5.91. The molecule has 4 aromatic rings. The van der Waals surface area contributed by atoms with Crippen LogP contribution in [-0.2, 0) is 14.4 Å². The number of hydrogen-bond acceptors (Lipinski definition) is 17. The van der Waals surface area contributed by atoms with Gasteiger partial charge in [0.05, 0.1) is 37.0 Å². The molecule has 2 aromatic carbocycles. The van der Waals surface area contributed by atoms with E-state index in [1.54, 1.807) is 19.3 Å². The van der Waals surface area contributed by atoms with Crippen LogP contribution in [0.15, 0.2) is 65.6 Å². The lowest BCUT2D eigenvalue weighted by atomic mass is 10.2. The summed E-state index contributed by atoms with van der Waals surface area (Å²) in [4.78, 5) is 77.3. The predicted octanol–water partition coefficient (Wildman–Crippen LogP) is 5.02. The number of piperazine rings is 2. The van der Waals surface area contributed by atoms with Crippen LogP contribution in [0.4, 0.5) is 22.1 Å². The summed E-state index contributed by atoms with van der Waals surface area (Å²) in [6, 6.07) is 20.3. The number of ketones is 1. The molecule has 4 aliphatic rings. The average molecular weight is 876 g/mol. The lowest BCUT2D eigenvalue weighted by Gasteiger charge is -2.36. The zero-order chi connectivity index (χ0) is 43.0. The van der Waals surface area contributed by atoms with Crippen LogP contribution in [0.2, 0.25) is 5.28 Å². The summed E-state index contributed by atoms with van der Waals surface area (Å²) in [5, 5.41) is 5.24. The van der Waals surface area contributed by atoms with Crippen LogP contribution < -0.4 is 34.8 Å².